The third-order valence-corrected chi connectivity index (χ3v) is 4.36. The fourth-order valence-corrected chi connectivity index (χ4v) is 3.03. The maximum absolute atomic E-state index is 12.5. The first kappa shape index (κ1) is 14.6. The maximum atomic E-state index is 12.5. The Kier molecular flexibility index (Phi) is 4.13. The molecule has 1 aliphatic heterocycles. The van der Waals surface area contributed by atoms with E-state index in [2.05, 4.69) is 18.2 Å². The van der Waals surface area contributed by atoms with Crippen LogP contribution in [-0.4, -0.2) is 33.7 Å². The SMILES string of the molecule is CCn1cc(C2CCN(C(=O)c3cccc(N)c3)CC2)cn1. The van der Waals surface area contributed by atoms with Crippen LogP contribution in [0.2, 0.25) is 0 Å². The average molecular weight is 298 g/mol. The number of carbonyl (C=O) groups is 1. The summed E-state index contributed by atoms with van der Waals surface area (Å²) in [6.45, 7) is 4.56. The first-order valence-corrected chi connectivity index (χ1v) is 7.84. The summed E-state index contributed by atoms with van der Waals surface area (Å²) >= 11 is 0. The maximum Gasteiger partial charge on any atom is 0.253 e. The number of nitrogen functional groups attached to an aromatic ring is 1. The zero-order valence-corrected chi connectivity index (χ0v) is 12.9. The van der Waals surface area contributed by atoms with Gasteiger partial charge in [-0.2, -0.15) is 5.10 Å². The minimum Gasteiger partial charge on any atom is -0.399 e. The van der Waals surface area contributed by atoms with Crippen molar-refractivity contribution in [3.8, 4) is 0 Å². The van der Waals surface area contributed by atoms with Gasteiger partial charge >= 0.3 is 0 Å². The van der Waals surface area contributed by atoms with Crippen LogP contribution in [0, 0.1) is 0 Å². The number of likely N-dealkylation sites (tertiary alicyclic amines) is 1. The molecular weight excluding hydrogens is 276 g/mol. The lowest BCUT2D eigenvalue weighted by Gasteiger charge is -2.31. The number of benzene rings is 1. The highest BCUT2D eigenvalue weighted by Gasteiger charge is 2.25. The Morgan fingerprint density at radius 3 is 2.77 bits per heavy atom. The van der Waals surface area contributed by atoms with Gasteiger partial charge in [0.25, 0.3) is 5.91 Å². The highest BCUT2D eigenvalue weighted by Crippen LogP contribution is 2.28. The number of carbonyl (C=O) groups excluding carboxylic acids is 1. The molecule has 1 aromatic heterocycles. The van der Waals surface area contributed by atoms with E-state index < -0.39 is 0 Å². The summed E-state index contributed by atoms with van der Waals surface area (Å²) in [5.41, 5.74) is 8.36. The number of hydrogen-bond acceptors (Lipinski definition) is 3. The quantitative estimate of drug-likeness (QED) is 0.886. The van der Waals surface area contributed by atoms with E-state index in [1.165, 1.54) is 5.56 Å². The summed E-state index contributed by atoms with van der Waals surface area (Å²) in [4.78, 5) is 14.4. The first-order chi connectivity index (χ1) is 10.7. The summed E-state index contributed by atoms with van der Waals surface area (Å²) in [7, 11) is 0. The molecular formula is C17H22N4O. The number of amides is 1. The van der Waals surface area contributed by atoms with Gasteiger partial charge in [0, 0.05) is 37.1 Å². The number of aromatic nitrogens is 2. The molecule has 116 valence electrons. The Hall–Kier alpha value is -2.30. The zero-order valence-electron chi connectivity index (χ0n) is 12.9. The van der Waals surface area contributed by atoms with Crippen molar-refractivity contribution in [2.24, 2.45) is 0 Å². The van der Waals surface area contributed by atoms with Crippen molar-refractivity contribution >= 4 is 11.6 Å². The fourth-order valence-electron chi connectivity index (χ4n) is 3.03. The second kappa shape index (κ2) is 6.22. The van der Waals surface area contributed by atoms with Gasteiger partial charge in [0.15, 0.2) is 0 Å². The second-order valence-corrected chi connectivity index (χ2v) is 5.82. The van der Waals surface area contributed by atoms with Crippen molar-refractivity contribution in [2.75, 3.05) is 18.8 Å². The molecule has 0 aliphatic carbocycles. The van der Waals surface area contributed by atoms with Crippen LogP contribution >= 0.6 is 0 Å². The molecule has 3 rings (SSSR count). The van der Waals surface area contributed by atoms with Gasteiger partial charge < -0.3 is 10.6 Å². The Balaban J connectivity index is 1.62. The van der Waals surface area contributed by atoms with E-state index in [-0.39, 0.29) is 5.91 Å². The zero-order chi connectivity index (χ0) is 15.5. The number of hydrogen-bond donors (Lipinski definition) is 1. The molecule has 1 aromatic carbocycles. The molecule has 5 nitrogen and oxygen atoms in total. The molecule has 1 amide bonds. The molecule has 1 aliphatic rings. The molecule has 2 aromatic rings. The van der Waals surface area contributed by atoms with Crippen molar-refractivity contribution < 1.29 is 4.79 Å². The van der Waals surface area contributed by atoms with Crippen molar-refractivity contribution in [3.63, 3.8) is 0 Å². The highest BCUT2D eigenvalue weighted by molar-refractivity contribution is 5.95. The third-order valence-electron chi connectivity index (χ3n) is 4.36. The van der Waals surface area contributed by atoms with E-state index in [0.717, 1.165) is 32.5 Å². The van der Waals surface area contributed by atoms with Crippen molar-refractivity contribution in [2.45, 2.75) is 32.2 Å². The van der Waals surface area contributed by atoms with Crippen molar-refractivity contribution in [3.05, 3.63) is 47.8 Å². The standard InChI is InChI=1S/C17H22N4O/c1-2-21-12-15(11-19-21)13-6-8-20(9-7-13)17(22)14-4-3-5-16(18)10-14/h3-5,10-13H,2,6-9,18H2,1H3. The molecule has 0 unspecified atom stereocenters. The van der Waals surface area contributed by atoms with E-state index >= 15 is 0 Å². The van der Waals surface area contributed by atoms with Crippen LogP contribution in [0.15, 0.2) is 36.7 Å². The largest absolute Gasteiger partial charge is 0.399 e. The van der Waals surface area contributed by atoms with Crippen LogP contribution in [-0.2, 0) is 6.54 Å². The molecule has 5 heteroatoms. The monoisotopic (exact) mass is 298 g/mol. The van der Waals surface area contributed by atoms with Gasteiger partial charge in [0.2, 0.25) is 0 Å². The van der Waals surface area contributed by atoms with Crippen molar-refractivity contribution in [1.29, 1.82) is 0 Å². The summed E-state index contributed by atoms with van der Waals surface area (Å²) in [5, 5.41) is 4.34. The molecule has 0 spiro atoms. The van der Waals surface area contributed by atoms with Crippen LogP contribution < -0.4 is 5.73 Å². The average Bonchev–Trinajstić information content (AvgIpc) is 3.03. The number of piperidine rings is 1. The topological polar surface area (TPSA) is 64.2 Å². The predicted molar refractivity (Wildman–Crippen MR) is 86.6 cm³/mol. The Morgan fingerprint density at radius 2 is 2.14 bits per heavy atom. The second-order valence-electron chi connectivity index (χ2n) is 5.82. The Morgan fingerprint density at radius 1 is 1.36 bits per heavy atom. The molecule has 22 heavy (non-hydrogen) atoms. The van der Waals surface area contributed by atoms with Gasteiger partial charge in [0.1, 0.15) is 0 Å². The molecule has 0 atom stereocenters. The van der Waals surface area contributed by atoms with E-state index in [0.29, 0.717) is 17.2 Å². The Bertz CT molecular complexity index is 656. The molecule has 2 heterocycles. The van der Waals surface area contributed by atoms with Gasteiger partial charge in [-0.3, -0.25) is 9.48 Å². The van der Waals surface area contributed by atoms with E-state index in [4.69, 9.17) is 5.73 Å². The number of nitrogens with zero attached hydrogens (tertiary/aromatic N) is 3. The number of rotatable bonds is 3. The van der Waals surface area contributed by atoms with Crippen molar-refractivity contribution in [1.82, 2.24) is 14.7 Å². The summed E-state index contributed by atoms with van der Waals surface area (Å²) in [5.74, 6) is 0.584. The predicted octanol–water partition coefficient (Wildman–Crippen LogP) is 2.51. The third kappa shape index (κ3) is 2.98. The molecule has 0 bridgehead atoms. The first-order valence-electron chi connectivity index (χ1n) is 7.84. The lowest BCUT2D eigenvalue weighted by atomic mass is 9.91. The van der Waals surface area contributed by atoms with Gasteiger partial charge in [0.05, 0.1) is 6.20 Å². The van der Waals surface area contributed by atoms with Crippen LogP contribution in [0.5, 0.6) is 0 Å². The molecule has 1 fully saturated rings. The minimum atomic E-state index is 0.0787. The molecule has 1 saturated heterocycles. The van der Waals surface area contributed by atoms with E-state index in [9.17, 15) is 4.79 Å². The minimum absolute atomic E-state index is 0.0787. The number of aryl methyl sites for hydroxylation is 1. The van der Waals surface area contributed by atoms with Crippen LogP contribution in [0.3, 0.4) is 0 Å². The molecule has 0 saturated carbocycles. The van der Waals surface area contributed by atoms with E-state index in [1.807, 2.05) is 27.9 Å². The number of anilines is 1. The van der Waals surface area contributed by atoms with E-state index in [1.54, 1.807) is 12.1 Å². The summed E-state index contributed by atoms with van der Waals surface area (Å²) in [6, 6.07) is 7.21. The Labute approximate surface area is 130 Å². The smallest absolute Gasteiger partial charge is 0.253 e. The highest BCUT2D eigenvalue weighted by atomic mass is 16.2. The van der Waals surface area contributed by atoms with Crippen LogP contribution in [0.25, 0.3) is 0 Å². The van der Waals surface area contributed by atoms with Gasteiger partial charge in [-0.05, 0) is 49.4 Å². The van der Waals surface area contributed by atoms with Gasteiger partial charge in [-0.1, -0.05) is 6.07 Å². The van der Waals surface area contributed by atoms with Gasteiger partial charge in [-0.25, -0.2) is 0 Å². The summed E-state index contributed by atoms with van der Waals surface area (Å²) < 4.78 is 1.96. The number of nitrogens with two attached hydrogens (primary N) is 1. The lowest BCUT2D eigenvalue weighted by Crippen LogP contribution is -2.37. The fraction of sp³-hybridized carbons (Fsp3) is 0.412. The lowest BCUT2D eigenvalue weighted by molar-refractivity contribution is 0.0713. The summed E-state index contributed by atoms with van der Waals surface area (Å²) in [6.07, 6.45) is 6.07. The molecule has 2 N–H and O–H groups in total. The van der Waals surface area contributed by atoms with Crippen LogP contribution in [0.4, 0.5) is 5.69 Å². The van der Waals surface area contributed by atoms with Crippen LogP contribution in [0.1, 0.15) is 41.6 Å². The molecule has 0 radical (unpaired) electrons. The van der Waals surface area contributed by atoms with Gasteiger partial charge in [-0.15, -0.1) is 0 Å². The normalized spacial score (nSPS) is 16.0.